The lowest BCUT2D eigenvalue weighted by atomic mass is 9.87. The van der Waals surface area contributed by atoms with Crippen LogP contribution in [0.25, 0.3) is 0 Å². The number of ether oxygens (including phenoxy) is 1. The first-order chi connectivity index (χ1) is 11.3. The summed E-state index contributed by atoms with van der Waals surface area (Å²) in [4.78, 5) is 11.8. The highest BCUT2D eigenvalue weighted by atomic mass is 19.1. The van der Waals surface area contributed by atoms with Crippen LogP contribution in [0.1, 0.15) is 26.3 Å². The fourth-order valence-corrected chi connectivity index (χ4v) is 2.12. The molecule has 0 saturated heterocycles. The van der Waals surface area contributed by atoms with Crippen molar-refractivity contribution in [1.29, 1.82) is 0 Å². The predicted octanol–water partition coefficient (Wildman–Crippen LogP) is 4.32. The van der Waals surface area contributed by atoms with E-state index in [1.807, 2.05) is 24.3 Å². The van der Waals surface area contributed by atoms with Gasteiger partial charge in [0.05, 0.1) is 6.54 Å². The predicted molar refractivity (Wildman–Crippen MR) is 94.1 cm³/mol. The number of hydrogen-bond acceptors (Lipinski definition) is 2. The molecule has 0 aromatic heterocycles. The molecule has 0 aliphatic heterocycles. The Morgan fingerprint density at radius 1 is 1.12 bits per heavy atom. The fourth-order valence-electron chi connectivity index (χ4n) is 2.12. The third kappa shape index (κ3) is 5.57. The summed E-state index contributed by atoms with van der Waals surface area (Å²) >= 11 is 0. The maximum Gasteiger partial charge on any atom is 0.319 e. The topological polar surface area (TPSA) is 50.4 Å². The molecule has 0 spiro atoms. The molecule has 0 fully saturated rings. The lowest BCUT2D eigenvalue weighted by molar-refractivity contribution is 0.247. The zero-order valence-electron chi connectivity index (χ0n) is 14.2. The maximum atomic E-state index is 13.0. The summed E-state index contributed by atoms with van der Waals surface area (Å²) in [6.45, 7) is 7.00. The highest BCUT2D eigenvalue weighted by Gasteiger charge is 2.13. The lowest BCUT2D eigenvalue weighted by Crippen LogP contribution is -2.32. The van der Waals surface area contributed by atoms with Gasteiger partial charge in [0.25, 0.3) is 0 Å². The fraction of sp³-hybridized carbons (Fsp3) is 0.316. The van der Waals surface area contributed by atoms with Gasteiger partial charge in [-0.1, -0.05) is 39.0 Å². The van der Waals surface area contributed by atoms with Crippen LogP contribution in [0.3, 0.4) is 0 Å². The van der Waals surface area contributed by atoms with Gasteiger partial charge in [0.1, 0.15) is 18.2 Å². The zero-order chi connectivity index (χ0) is 17.6. The number of anilines is 1. The summed E-state index contributed by atoms with van der Waals surface area (Å²) in [6.07, 6.45) is 0. The lowest BCUT2D eigenvalue weighted by Gasteiger charge is -2.19. The van der Waals surface area contributed by atoms with Crippen molar-refractivity contribution in [3.8, 4) is 5.75 Å². The number of hydrogen-bond donors (Lipinski definition) is 2. The van der Waals surface area contributed by atoms with Crippen molar-refractivity contribution in [2.24, 2.45) is 0 Å². The van der Waals surface area contributed by atoms with Crippen LogP contribution in [0.15, 0.2) is 48.5 Å². The minimum atomic E-state index is -0.350. The molecule has 0 saturated carbocycles. The Bertz CT molecular complexity index is 679. The molecule has 2 rings (SSSR count). The molecule has 4 nitrogen and oxygen atoms in total. The number of urea groups is 1. The second-order valence-corrected chi connectivity index (χ2v) is 6.51. The van der Waals surface area contributed by atoms with Gasteiger partial charge in [-0.25, -0.2) is 9.18 Å². The van der Waals surface area contributed by atoms with Crippen molar-refractivity contribution in [3.63, 3.8) is 0 Å². The normalized spacial score (nSPS) is 11.0. The van der Waals surface area contributed by atoms with E-state index in [9.17, 15) is 9.18 Å². The minimum absolute atomic E-state index is 0.0784. The van der Waals surface area contributed by atoms with E-state index in [-0.39, 0.29) is 23.9 Å². The van der Waals surface area contributed by atoms with Crippen molar-refractivity contribution in [1.82, 2.24) is 5.32 Å². The molecule has 2 aromatic carbocycles. The number of halogens is 1. The van der Waals surface area contributed by atoms with Gasteiger partial charge in [0, 0.05) is 11.8 Å². The molecule has 2 aromatic rings. The van der Waals surface area contributed by atoms with Crippen molar-refractivity contribution >= 4 is 11.7 Å². The van der Waals surface area contributed by atoms with Gasteiger partial charge in [-0.3, -0.25) is 0 Å². The molecule has 24 heavy (non-hydrogen) atoms. The molecule has 0 unspecified atom stereocenters. The van der Waals surface area contributed by atoms with Crippen molar-refractivity contribution < 1.29 is 13.9 Å². The van der Waals surface area contributed by atoms with E-state index in [1.165, 1.54) is 17.7 Å². The smallest absolute Gasteiger partial charge is 0.319 e. The van der Waals surface area contributed by atoms with Crippen LogP contribution in [-0.2, 0) is 5.41 Å². The molecule has 0 radical (unpaired) electrons. The molecule has 2 amide bonds. The van der Waals surface area contributed by atoms with Crippen molar-refractivity contribution in [2.45, 2.75) is 26.2 Å². The largest absolute Gasteiger partial charge is 0.492 e. The van der Waals surface area contributed by atoms with Crippen molar-refractivity contribution in [3.05, 3.63) is 59.9 Å². The standard InChI is InChI=1S/C19H23FN2O2/c1-19(2,3)14-7-9-16(10-8-14)22-18(23)21-11-12-24-17-6-4-5-15(20)13-17/h4-10,13H,11-12H2,1-3H3,(H2,21,22,23). The molecular formula is C19H23FN2O2. The van der Waals surface area contributed by atoms with Gasteiger partial charge in [0.2, 0.25) is 0 Å². The molecule has 5 heteroatoms. The van der Waals surface area contributed by atoms with E-state index in [4.69, 9.17) is 4.74 Å². The Labute approximate surface area is 142 Å². The molecule has 0 atom stereocenters. The third-order valence-electron chi connectivity index (χ3n) is 3.46. The van der Waals surface area contributed by atoms with Crippen molar-refractivity contribution in [2.75, 3.05) is 18.5 Å². The molecule has 0 heterocycles. The Morgan fingerprint density at radius 2 is 1.83 bits per heavy atom. The van der Waals surface area contributed by atoms with E-state index >= 15 is 0 Å². The van der Waals surface area contributed by atoms with Gasteiger partial charge >= 0.3 is 6.03 Å². The van der Waals surface area contributed by atoms with E-state index in [2.05, 4.69) is 31.4 Å². The van der Waals surface area contributed by atoms with Crippen LogP contribution in [0.4, 0.5) is 14.9 Å². The highest BCUT2D eigenvalue weighted by molar-refractivity contribution is 5.89. The molecular weight excluding hydrogens is 307 g/mol. The van der Waals surface area contributed by atoms with Gasteiger partial charge in [0.15, 0.2) is 0 Å². The first-order valence-corrected chi connectivity index (χ1v) is 7.88. The van der Waals surface area contributed by atoms with E-state index < -0.39 is 0 Å². The Morgan fingerprint density at radius 3 is 2.46 bits per heavy atom. The Hall–Kier alpha value is -2.56. The first kappa shape index (κ1) is 17.8. The number of carbonyl (C=O) groups excluding carboxylic acids is 1. The summed E-state index contributed by atoms with van der Waals surface area (Å²) in [5.74, 6) is 0.0897. The summed E-state index contributed by atoms with van der Waals surface area (Å²) in [5, 5.41) is 5.45. The molecule has 2 N–H and O–H groups in total. The number of amides is 2. The van der Waals surface area contributed by atoms with E-state index in [0.717, 1.165) is 5.69 Å². The number of rotatable bonds is 5. The zero-order valence-corrected chi connectivity index (χ0v) is 14.2. The number of carbonyl (C=O) groups is 1. The maximum absolute atomic E-state index is 13.0. The Balaban J connectivity index is 1.73. The summed E-state index contributed by atoms with van der Waals surface area (Å²) in [7, 11) is 0. The third-order valence-corrected chi connectivity index (χ3v) is 3.46. The Kier molecular flexibility index (Phi) is 5.79. The van der Waals surface area contributed by atoms with E-state index in [1.54, 1.807) is 12.1 Å². The van der Waals surface area contributed by atoms with Crippen LogP contribution in [0.5, 0.6) is 5.75 Å². The first-order valence-electron chi connectivity index (χ1n) is 7.88. The van der Waals surface area contributed by atoms with E-state index in [0.29, 0.717) is 12.3 Å². The van der Waals surface area contributed by atoms with Crippen LogP contribution >= 0.6 is 0 Å². The molecule has 0 aliphatic rings. The molecule has 0 bridgehead atoms. The molecule has 0 aliphatic carbocycles. The summed E-state index contributed by atoms with van der Waals surface area (Å²) in [5.41, 5.74) is 2.01. The average molecular weight is 330 g/mol. The van der Waals surface area contributed by atoms with Gasteiger partial charge < -0.3 is 15.4 Å². The molecule has 128 valence electrons. The van der Waals surface area contributed by atoms with Crippen LogP contribution in [0, 0.1) is 5.82 Å². The summed E-state index contributed by atoms with van der Waals surface area (Å²) in [6, 6.07) is 13.4. The second kappa shape index (κ2) is 7.81. The summed E-state index contributed by atoms with van der Waals surface area (Å²) < 4.78 is 18.3. The monoisotopic (exact) mass is 330 g/mol. The van der Waals surface area contributed by atoms with Gasteiger partial charge in [-0.05, 0) is 35.2 Å². The second-order valence-electron chi connectivity index (χ2n) is 6.51. The quantitative estimate of drug-likeness (QED) is 0.802. The van der Waals surface area contributed by atoms with Crippen LogP contribution in [0.2, 0.25) is 0 Å². The van der Waals surface area contributed by atoms with Crippen LogP contribution < -0.4 is 15.4 Å². The van der Waals surface area contributed by atoms with Crippen LogP contribution in [-0.4, -0.2) is 19.2 Å². The highest BCUT2D eigenvalue weighted by Crippen LogP contribution is 2.23. The number of nitrogens with one attached hydrogen (secondary N) is 2. The van der Waals surface area contributed by atoms with Gasteiger partial charge in [-0.15, -0.1) is 0 Å². The SMILES string of the molecule is CC(C)(C)c1ccc(NC(=O)NCCOc2cccc(F)c2)cc1. The average Bonchev–Trinajstić information content (AvgIpc) is 2.51. The van der Waals surface area contributed by atoms with Gasteiger partial charge in [-0.2, -0.15) is 0 Å². The number of benzene rings is 2. The minimum Gasteiger partial charge on any atom is -0.492 e.